The van der Waals surface area contributed by atoms with Gasteiger partial charge in [0.25, 0.3) is 0 Å². The molecule has 3 aromatic rings. The molecular weight excluding hydrogens is 526 g/mol. The van der Waals surface area contributed by atoms with E-state index in [1.807, 2.05) is 60.7 Å². The van der Waals surface area contributed by atoms with E-state index in [0.29, 0.717) is 28.0 Å². The molecule has 0 aliphatic carbocycles. The fraction of sp³-hybridized carbons (Fsp3) is 0.143. The van der Waals surface area contributed by atoms with Gasteiger partial charge in [0.1, 0.15) is 28.7 Å². The molecule has 0 aromatic heterocycles. The van der Waals surface area contributed by atoms with Gasteiger partial charge in [0.05, 0.1) is 21.7 Å². The van der Waals surface area contributed by atoms with Crippen molar-refractivity contribution in [2.75, 3.05) is 6.61 Å². The summed E-state index contributed by atoms with van der Waals surface area (Å²) in [5, 5.41) is 11.3. The summed E-state index contributed by atoms with van der Waals surface area (Å²) in [5.74, 6) is -0.0272. The molecular formula is C28H24BrNO4S. The number of benzene rings is 3. The van der Waals surface area contributed by atoms with E-state index in [-0.39, 0.29) is 17.9 Å². The minimum Gasteiger partial charge on any atom is -0.506 e. The number of nitrogens with zero attached hydrogens (tertiary/aromatic N) is 1. The minimum absolute atomic E-state index is 0.0732. The lowest BCUT2D eigenvalue weighted by Crippen LogP contribution is -2.12. The number of aliphatic hydroxyl groups excluding tert-OH is 1. The van der Waals surface area contributed by atoms with Crippen LogP contribution in [0, 0.1) is 6.92 Å². The Balaban J connectivity index is 1.58. The molecule has 178 valence electrons. The number of aliphatic hydroxyl groups is 1. The van der Waals surface area contributed by atoms with E-state index < -0.39 is 5.97 Å². The molecule has 1 N–H and O–H groups in total. The summed E-state index contributed by atoms with van der Waals surface area (Å²) < 4.78 is 11.9. The lowest BCUT2D eigenvalue weighted by atomic mass is 10.1. The minimum atomic E-state index is -0.600. The fourth-order valence-electron chi connectivity index (χ4n) is 3.33. The number of aliphatic imine (C=N–C) groups is 1. The Morgan fingerprint density at radius 1 is 1.09 bits per heavy atom. The Morgan fingerprint density at radius 2 is 1.83 bits per heavy atom. The maximum absolute atomic E-state index is 12.6. The third-order valence-corrected chi connectivity index (χ3v) is 6.77. The van der Waals surface area contributed by atoms with Crippen molar-refractivity contribution in [1.29, 1.82) is 0 Å². The summed E-state index contributed by atoms with van der Waals surface area (Å²) in [5.41, 5.74) is 3.88. The number of hydrogen-bond acceptors (Lipinski definition) is 6. The summed E-state index contributed by atoms with van der Waals surface area (Å²) in [6.07, 6.45) is 1.81. The molecule has 0 saturated heterocycles. The molecule has 3 aromatic carbocycles. The molecule has 5 nitrogen and oxygen atoms in total. The van der Waals surface area contributed by atoms with Crippen LogP contribution in [0.3, 0.4) is 0 Å². The molecule has 0 atom stereocenters. The number of carbonyl (C=O) groups excluding carboxylic acids is 1. The van der Waals surface area contributed by atoms with Gasteiger partial charge in [0.15, 0.2) is 0 Å². The van der Waals surface area contributed by atoms with Gasteiger partial charge in [0.2, 0.25) is 0 Å². The average Bonchev–Trinajstić information content (AvgIpc) is 3.14. The summed E-state index contributed by atoms with van der Waals surface area (Å²) in [6, 6.07) is 23.2. The summed E-state index contributed by atoms with van der Waals surface area (Å²) in [7, 11) is 0. The number of halogens is 1. The van der Waals surface area contributed by atoms with Crippen molar-refractivity contribution in [2.45, 2.75) is 20.5 Å². The van der Waals surface area contributed by atoms with Crippen molar-refractivity contribution in [3.63, 3.8) is 0 Å². The number of carbonyl (C=O) groups is 1. The van der Waals surface area contributed by atoms with Crippen LogP contribution in [0.2, 0.25) is 0 Å². The maximum Gasteiger partial charge on any atom is 0.344 e. The average molecular weight is 550 g/mol. The van der Waals surface area contributed by atoms with Gasteiger partial charge in [-0.3, -0.25) is 0 Å². The van der Waals surface area contributed by atoms with E-state index in [4.69, 9.17) is 9.47 Å². The Bertz CT molecular complexity index is 1310. The van der Waals surface area contributed by atoms with Gasteiger partial charge in [-0.25, -0.2) is 9.79 Å². The monoisotopic (exact) mass is 549 g/mol. The Kier molecular flexibility index (Phi) is 8.10. The van der Waals surface area contributed by atoms with Crippen molar-refractivity contribution in [2.24, 2.45) is 4.99 Å². The zero-order chi connectivity index (χ0) is 24.8. The largest absolute Gasteiger partial charge is 0.506 e. The number of esters is 1. The van der Waals surface area contributed by atoms with Gasteiger partial charge in [-0.1, -0.05) is 65.9 Å². The highest BCUT2D eigenvalue weighted by molar-refractivity contribution is 9.10. The van der Waals surface area contributed by atoms with E-state index in [9.17, 15) is 9.90 Å². The molecule has 1 aliphatic heterocycles. The maximum atomic E-state index is 12.6. The highest BCUT2D eigenvalue weighted by atomic mass is 79.9. The van der Waals surface area contributed by atoms with Crippen molar-refractivity contribution in [3.05, 3.63) is 110 Å². The highest BCUT2D eigenvalue weighted by Gasteiger charge is 2.33. The fourth-order valence-corrected chi connectivity index (χ4v) is 4.88. The second-order valence-electron chi connectivity index (χ2n) is 7.77. The Morgan fingerprint density at radius 3 is 2.51 bits per heavy atom. The first-order valence-electron chi connectivity index (χ1n) is 11.1. The molecule has 7 heteroatoms. The van der Waals surface area contributed by atoms with Gasteiger partial charge >= 0.3 is 5.97 Å². The number of para-hydroxylation sites is 1. The topological polar surface area (TPSA) is 68.1 Å². The van der Waals surface area contributed by atoms with Crippen molar-refractivity contribution >= 4 is 50.5 Å². The molecule has 0 radical (unpaired) electrons. The van der Waals surface area contributed by atoms with Crippen LogP contribution in [0.4, 0.5) is 5.69 Å². The third-order valence-electron chi connectivity index (χ3n) is 5.13. The number of aryl methyl sites for hydroxylation is 1. The predicted molar refractivity (Wildman–Crippen MR) is 145 cm³/mol. The number of thioether (sulfide) groups is 1. The number of hydrogen-bond donors (Lipinski definition) is 1. The SMILES string of the molecule is CCOC(=O)C1=C(O)/C(=C/c2ccc(OCc3ccc(C)cc3)c(Br)c2)SC1=Nc1ccccc1. The van der Waals surface area contributed by atoms with Crippen LogP contribution < -0.4 is 4.74 Å². The second kappa shape index (κ2) is 11.4. The standard InChI is InChI=1S/C28H24BrNO4S/c1-3-33-28(32)25-26(31)24(35-27(25)30-21-7-5-4-6-8-21)16-20-13-14-23(22(29)15-20)34-17-19-11-9-18(2)10-12-19/h4-16,31H,3,17H2,1-2H3/b24-16-,30-27?. The van der Waals surface area contributed by atoms with E-state index in [2.05, 4.69) is 40.0 Å². The molecule has 0 bridgehead atoms. The molecule has 4 rings (SSSR count). The zero-order valence-corrected chi connectivity index (χ0v) is 21.7. The van der Waals surface area contributed by atoms with Crippen LogP contribution in [0.1, 0.15) is 23.6 Å². The van der Waals surface area contributed by atoms with Crippen LogP contribution in [-0.2, 0) is 16.1 Å². The van der Waals surface area contributed by atoms with Crippen molar-refractivity contribution in [1.82, 2.24) is 0 Å². The molecule has 1 aliphatic rings. The molecule has 0 spiro atoms. The van der Waals surface area contributed by atoms with E-state index in [0.717, 1.165) is 15.6 Å². The summed E-state index contributed by atoms with van der Waals surface area (Å²) >= 11 is 4.80. The zero-order valence-electron chi connectivity index (χ0n) is 19.3. The third kappa shape index (κ3) is 6.24. The van der Waals surface area contributed by atoms with Gasteiger partial charge in [-0.05, 0) is 71.2 Å². The van der Waals surface area contributed by atoms with Crippen LogP contribution in [0.5, 0.6) is 5.75 Å². The molecule has 1 heterocycles. The smallest absolute Gasteiger partial charge is 0.344 e. The van der Waals surface area contributed by atoms with Crippen LogP contribution >= 0.6 is 27.7 Å². The first-order chi connectivity index (χ1) is 16.9. The first kappa shape index (κ1) is 24.8. The normalized spacial score (nSPS) is 15.6. The van der Waals surface area contributed by atoms with Gasteiger partial charge < -0.3 is 14.6 Å². The molecule has 0 fully saturated rings. The van der Waals surface area contributed by atoms with Crippen molar-refractivity contribution in [3.8, 4) is 5.75 Å². The molecule has 0 saturated carbocycles. The number of ether oxygens (including phenoxy) is 2. The predicted octanol–water partition coefficient (Wildman–Crippen LogP) is 7.53. The van der Waals surface area contributed by atoms with Crippen molar-refractivity contribution < 1.29 is 19.4 Å². The molecule has 35 heavy (non-hydrogen) atoms. The highest BCUT2D eigenvalue weighted by Crippen LogP contribution is 2.40. The Labute approximate surface area is 217 Å². The van der Waals surface area contributed by atoms with Crippen LogP contribution in [0.25, 0.3) is 6.08 Å². The summed E-state index contributed by atoms with van der Waals surface area (Å²) in [6.45, 7) is 4.44. The van der Waals surface area contributed by atoms with Crippen LogP contribution in [-0.4, -0.2) is 22.7 Å². The quantitative estimate of drug-likeness (QED) is 0.308. The second-order valence-corrected chi connectivity index (χ2v) is 9.66. The molecule has 0 unspecified atom stereocenters. The van der Waals surface area contributed by atoms with Gasteiger partial charge in [-0.15, -0.1) is 0 Å². The summed E-state index contributed by atoms with van der Waals surface area (Å²) in [4.78, 5) is 17.7. The van der Waals surface area contributed by atoms with Crippen LogP contribution in [0.15, 0.2) is 98.5 Å². The lowest BCUT2D eigenvalue weighted by molar-refractivity contribution is -0.138. The van der Waals surface area contributed by atoms with Gasteiger partial charge in [-0.2, -0.15) is 0 Å². The first-order valence-corrected chi connectivity index (χ1v) is 12.7. The Hall–Kier alpha value is -3.29. The molecule has 0 amide bonds. The number of rotatable bonds is 7. The van der Waals surface area contributed by atoms with E-state index >= 15 is 0 Å². The lowest BCUT2D eigenvalue weighted by Gasteiger charge is -2.09. The van der Waals surface area contributed by atoms with Gasteiger partial charge in [0, 0.05) is 0 Å². The van der Waals surface area contributed by atoms with E-state index in [1.165, 1.54) is 17.3 Å². The van der Waals surface area contributed by atoms with E-state index in [1.54, 1.807) is 13.0 Å².